The van der Waals surface area contributed by atoms with Gasteiger partial charge in [-0.15, -0.1) is 0 Å². The average molecular weight is 208 g/mol. The molecule has 0 aliphatic carbocycles. The second kappa shape index (κ2) is 4.82. The molecular formula is C12H13FO2. The van der Waals surface area contributed by atoms with Gasteiger partial charge in [0, 0.05) is 12.3 Å². The van der Waals surface area contributed by atoms with Gasteiger partial charge in [-0.05, 0) is 31.5 Å². The number of hydrogen-bond donors (Lipinski definition) is 0. The summed E-state index contributed by atoms with van der Waals surface area (Å²) >= 11 is 0. The maximum atomic E-state index is 12.9. The number of benzene rings is 1. The average Bonchev–Trinajstić information content (AvgIpc) is 2.13. The van der Waals surface area contributed by atoms with Gasteiger partial charge in [0.05, 0.1) is 0 Å². The summed E-state index contributed by atoms with van der Waals surface area (Å²) in [6.45, 7) is 2.84. The van der Waals surface area contributed by atoms with Gasteiger partial charge in [-0.25, -0.2) is 4.39 Å². The Morgan fingerprint density at radius 1 is 1.33 bits per heavy atom. The molecule has 1 aromatic rings. The molecule has 3 heteroatoms. The van der Waals surface area contributed by atoms with Crippen LogP contribution in [0, 0.1) is 5.82 Å². The molecule has 1 unspecified atom stereocenters. The van der Waals surface area contributed by atoms with Gasteiger partial charge in [0.2, 0.25) is 0 Å². The third-order valence-corrected chi connectivity index (χ3v) is 2.23. The molecule has 15 heavy (non-hydrogen) atoms. The molecule has 0 aliphatic heterocycles. The molecule has 80 valence electrons. The summed E-state index contributed by atoms with van der Waals surface area (Å²) < 4.78 is 12.9. The smallest absolute Gasteiger partial charge is 0.137 e. The van der Waals surface area contributed by atoms with Crippen molar-refractivity contribution in [1.29, 1.82) is 0 Å². The Morgan fingerprint density at radius 3 is 2.47 bits per heavy atom. The molecule has 0 bridgehead atoms. The molecule has 0 N–H and O–H groups in total. The summed E-state index contributed by atoms with van der Waals surface area (Å²) in [6.07, 6.45) is 0.138. The molecule has 0 aliphatic rings. The number of rotatable bonds is 4. The van der Waals surface area contributed by atoms with Gasteiger partial charge in [0.1, 0.15) is 17.4 Å². The standard InChI is InChI=1S/C12H13FO2/c1-8(14)6-12(9(2)15)10-4-3-5-11(13)7-10/h3-5,7,12H,6H2,1-2H3. The summed E-state index contributed by atoms with van der Waals surface area (Å²) in [7, 11) is 0. The highest BCUT2D eigenvalue weighted by atomic mass is 19.1. The van der Waals surface area contributed by atoms with Crippen LogP contribution in [0.15, 0.2) is 24.3 Å². The van der Waals surface area contributed by atoms with E-state index in [9.17, 15) is 14.0 Å². The number of carbonyl (C=O) groups excluding carboxylic acids is 2. The van der Waals surface area contributed by atoms with Crippen LogP contribution >= 0.6 is 0 Å². The fourth-order valence-electron chi connectivity index (χ4n) is 1.51. The van der Waals surface area contributed by atoms with Gasteiger partial charge in [-0.2, -0.15) is 0 Å². The number of ketones is 2. The van der Waals surface area contributed by atoms with Crippen molar-refractivity contribution in [1.82, 2.24) is 0 Å². The number of carbonyl (C=O) groups is 2. The number of hydrogen-bond acceptors (Lipinski definition) is 2. The van der Waals surface area contributed by atoms with Crippen LogP contribution in [0.25, 0.3) is 0 Å². The lowest BCUT2D eigenvalue weighted by molar-refractivity contribution is -0.123. The topological polar surface area (TPSA) is 34.1 Å². The molecule has 1 rings (SSSR count). The third kappa shape index (κ3) is 3.27. The van der Waals surface area contributed by atoms with Crippen LogP contribution in [0.1, 0.15) is 31.7 Å². The maximum absolute atomic E-state index is 12.9. The molecule has 1 aromatic carbocycles. The summed E-state index contributed by atoms with van der Waals surface area (Å²) in [4.78, 5) is 22.3. The Balaban J connectivity index is 2.98. The first-order valence-corrected chi connectivity index (χ1v) is 4.76. The first-order valence-electron chi connectivity index (χ1n) is 4.76. The van der Waals surface area contributed by atoms with E-state index in [0.717, 1.165) is 0 Å². The molecule has 0 spiro atoms. The summed E-state index contributed by atoms with van der Waals surface area (Å²) in [5.74, 6) is -1.09. The Bertz CT molecular complexity index is 385. The van der Waals surface area contributed by atoms with Crippen molar-refractivity contribution >= 4 is 11.6 Å². The minimum Gasteiger partial charge on any atom is -0.300 e. The first kappa shape index (κ1) is 11.6. The molecule has 0 fully saturated rings. The van der Waals surface area contributed by atoms with Crippen LogP contribution in [0.4, 0.5) is 4.39 Å². The van der Waals surface area contributed by atoms with Crippen molar-refractivity contribution in [3.8, 4) is 0 Å². The molecule has 0 saturated carbocycles. The predicted molar refractivity (Wildman–Crippen MR) is 55.1 cm³/mol. The van der Waals surface area contributed by atoms with Crippen LogP contribution in [-0.2, 0) is 9.59 Å². The van der Waals surface area contributed by atoms with Crippen LogP contribution in [0.3, 0.4) is 0 Å². The monoisotopic (exact) mass is 208 g/mol. The fraction of sp³-hybridized carbons (Fsp3) is 0.333. The summed E-state index contributed by atoms with van der Waals surface area (Å²) in [5.41, 5.74) is 0.567. The van der Waals surface area contributed by atoms with Crippen LogP contribution in [-0.4, -0.2) is 11.6 Å². The lowest BCUT2D eigenvalue weighted by atomic mass is 9.91. The zero-order valence-electron chi connectivity index (χ0n) is 8.79. The summed E-state index contributed by atoms with van der Waals surface area (Å²) in [6, 6.07) is 5.82. The maximum Gasteiger partial charge on any atom is 0.137 e. The van der Waals surface area contributed by atoms with E-state index in [4.69, 9.17) is 0 Å². The molecule has 0 heterocycles. The molecule has 1 atom stereocenters. The molecule has 0 radical (unpaired) electrons. The van der Waals surface area contributed by atoms with Crippen molar-refractivity contribution in [2.24, 2.45) is 0 Å². The fourth-order valence-corrected chi connectivity index (χ4v) is 1.51. The van der Waals surface area contributed by atoms with E-state index < -0.39 is 5.92 Å². The van der Waals surface area contributed by atoms with Crippen LogP contribution < -0.4 is 0 Å². The first-order chi connectivity index (χ1) is 7.00. The van der Waals surface area contributed by atoms with Crippen molar-refractivity contribution < 1.29 is 14.0 Å². The van der Waals surface area contributed by atoms with Gasteiger partial charge in [-0.3, -0.25) is 9.59 Å². The van der Waals surface area contributed by atoms with E-state index in [2.05, 4.69) is 0 Å². The molecule has 2 nitrogen and oxygen atoms in total. The molecule has 0 saturated heterocycles. The van der Waals surface area contributed by atoms with Gasteiger partial charge >= 0.3 is 0 Å². The Hall–Kier alpha value is -1.51. The van der Waals surface area contributed by atoms with Crippen molar-refractivity contribution in [2.45, 2.75) is 26.2 Å². The normalized spacial score (nSPS) is 12.2. The summed E-state index contributed by atoms with van der Waals surface area (Å²) in [5, 5.41) is 0. The van der Waals surface area contributed by atoms with Gasteiger partial charge in [0.15, 0.2) is 0 Å². The zero-order chi connectivity index (χ0) is 11.4. The predicted octanol–water partition coefficient (Wildman–Crippen LogP) is 2.48. The third-order valence-electron chi connectivity index (χ3n) is 2.23. The van der Waals surface area contributed by atoms with Crippen molar-refractivity contribution in [3.05, 3.63) is 35.6 Å². The van der Waals surface area contributed by atoms with E-state index in [1.54, 1.807) is 12.1 Å². The lowest BCUT2D eigenvalue weighted by Crippen LogP contribution is -2.12. The molecular weight excluding hydrogens is 195 g/mol. The minimum absolute atomic E-state index is 0.0699. The highest BCUT2D eigenvalue weighted by Gasteiger charge is 2.18. The number of halogens is 1. The van der Waals surface area contributed by atoms with E-state index in [-0.39, 0.29) is 23.8 Å². The lowest BCUT2D eigenvalue weighted by Gasteiger charge is -2.12. The van der Waals surface area contributed by atoms with Crippen molar-refractivity contribution in [3.63, 3.8) is 0 Å². The van der Waals surface area contributed by atoms with Gasteiger partial charge in [0.25, 0.3) is 0 Å². The molecule has 0 aromatic heterocycles. The Labute approximate surface area is 88.1 Å². The quantitative estimate of drug-likeness (QED) is 0.761. The minimum atomic E-state index is -0.516. The Kier molecular flexibility index (Phi) is 3.72. The van der Waals surface area contributed by atoms with Gasteiger partial charge in [-0.1, -0.05) is 12.1 Å². The number of Topliss-reactive ketones (excluding diaryl/α,β-unsaturated/α-hetero) is 2. The zero-order valence-corrected chi connectivity index (χ0v) is 8.79. The van der Waals surface area contributed by atoms with Gasteiger partial charge < -0.3 is 0 Å². The highest BCUT2D eigenvalue weighted by Crippen LogP contribution is 2.21. The van der Waals surface area contributed by atoms with E-state index in [1.807, 2.05) is 0 Å². The SMILES string of the molecule is CC(=O)CC(C(C)=O)c1cccc(F)c1. The molecule has 0 amide bonds. The van der Waals surface area contributed by atoms with Crippen molar-refractivity contribution in [2.75, 3.05) is 0 Å². The second-order valence-corrected chi connectivity index (χ2v) is 3.62. The van der Waals surface area contributed by atoms with E-state index in [0.29, 0.717) is 5.56 Å². The van der Waals surface area contributed by atoms with E-state index in [1.165, 1.54) is 26.0 Å². The van der Waals surface area contributed by atoms with E-state index >= 15 is 0 Å². The second-order valence-electron chi connectivity index (χ2n) is 3.62. The van der Waals surface area contributed by atoms with Crippen LogP contribution in [0.2, 0.25) is 0 Å². The van der Waals surface area contributed by atoms with Crippen LogP contribution in [0.5, 0.6) is 0 Å². The highest BCUT2D eigenvalue weighted by molar-refractivity contribution is 5.89. The Morgan fingerprint density at radius 2 is 2.00 bits per heavy atom. The largest absolute Gasteiger partial charge is 0.300 e.